The maximum atomic E-state index is 11.2. The lowest BCUT2D eigenvalue weighted by atomic mass is 10.1. The molecule has 1 amide bonds. The van der Waals surface area contributed by atoms with Gasteiger partial charge >= 0.3 is 6.09 Å². The minimum absolute atomic E-state index is 0.0370. The van der Waals surface area contributed by atoms with Gasteiger partial charge in [-0.05, 0) is 18.2 Å². The van der Waals surface area contributed by atoms with Gasteiger partial charge in [0.05, 0.1) is 18.0 Å². The second-order valence-electron chi connectivity index (χ2n) is 3.64. The zero-order chi connectivity index (χ0) is 13.3. The van der Waals surface area contributed by atoms with Crippen molar-refractivity contribution in [2.45, 2.75) is 10.9 Å². The van der Waals surface area contributed by atoms with Gasteiger partial charge in [-0.3, -0.25) is 0 Å². The Labute approximate surface area is 108 Å². The van der Waals surface area contributed by atoms with E-state index in [2.05, 4.69) is 10.1 Å². The van der Waals surface area contributed by atoms with Crippen LogP contribution in [0.1, 0.15) is 11.6 Å². The lowest BCUT2D eigenvalue weighted by molar-refractivity contribution is 0.164. The summed E-state index contributed by atoms with van der Waals surface area (Å²) in [5, 5.41) is 2.54. The number of hydrogen-bond acceptors (Lipinski definition) is 5. The molecule has 0 aromatic heterocycles. The van der Waals surface area contributed by atoms with Crippen LogP contribution < -0.4 is 10.1 Å². The molecule has 1 heterocycles. The Morgan fingerprint density at radius 2 is 2.28 bits per heavy atom. The van der Waals surface area contributed by atoms with Crippen LogP contribution in [0.25, 0.3) is 0 Å². The van der Waals surface area contributed by atoms with Crippen molar-refractivity contribution < 1.29 is 22.7 Å². The Hall–Kier alpha value is -1.47. The number of nitrogens with one attached hydrogen (secondary N) is 1. The minimum atomic E-state index is -3.81. The largest absolute Gasteiger partial charge is 0.491 e. The van der Waals surface area contributed by atoms with Crippen LogP contribution in [0.15, 0.2) is 23.1 Å². The number of carbonyl (C=O) groups is 1. The van der Waals surface area contributed by atoms with Crippen molar-refractivity contribution in [1.82, 2.24) is 5.32 Å². The van der Waals surface area contributed by atoms with Gasteiger partial charge in [-0.25, -0.2) is 13.2 Å². The number of ether oxygens (including phenoxy) is 2. The van der Waals surface area contributed by atoms with Gasteiger partial charge in [0.1, 0.15) is 12.4 Å². The monoisotopic (exact) mass is 291 g/mol. The fourth-order valence-electron chi connectivity index (χ4n) is 1.67. The Morgan fingerprint density at radius 3 is 2.89 bits per heavy atom. The van der Waals surface area contributed by atoms with Crippen LogP contribution in [-0.2, 0) is 13.8 Å². The second-order valence-corrected chi connectivity index (χ2v) is 6.20. The molecule has 1 aliphatic rings. The third-order valence-electron chi connectivity index (χ3n) is 2.52. The van der Waals surface area contributed by atoms with Crippen LogP contribution in [0, 0.1) is 0 Å². The first-order valence-electron chi connectivity index (χ1n) is 4.97. The van der Waals surface area contributed by atoms with E-state index >= 15 is 0 Å². The van der Waals surface area contributed by atoms with Gasteiger partial charge in [0.25, 0.3) is 9.05 Å². The number of amides is 1. The number of methoxy groups -OCH3 is 1. The van der Waals surface area contributed by atoms with E-state index in [1.54, 1.807) is 0 Å². The van der Waals surface area contributed by atoms with Crippen LogP contribution in [-0.4, -0.2) is 28.2 Å². The van der Waals surface area contributed by atoms with E-state index in [4.69, 9.17) is 15.4 Å². The van der Waals surface area contributed by atoms with Crippen LogP contribution in [0.5, 0.6) is 5.75 Å². The maximum absolute atomic E-state index is 11.2. The number of hydrogen-bond donors (Lipinski definition) is 1. The smallest absolute Gasteiger partial charge is 0.407 e. The van der Waals surface area contributed by atoms with Crippen molar-refractivity contribution in [3.05, 3.63) is 23.8 Å². The molecule has 0 saturated carbocycles. The van der Waals surface area contributed by atoms with Crippen LogP contribution in [0.4, 0.5) is 4.79 Å². The average Bonchev–Trinajstić information content (AvgIpc) is 2.70. The van der Waals surface area contributed by atoms with E-state index in [1.807, 2.05) is 0 Å². The zero-order valence-corrected chi connectivity index (χ0v) is 10.9. The standard InChI is InChI=1S/C10H10ClNO5S/c1-16-10(13)12-8-5-17-9-3-2-6(4-7(8)9)18(11,14)15/h2-4,8H,5H2,1H3,(H,12,13). The summed E-state index contributed by atoms with van der Waals surface area (Å²) in [6.07, 6.45) is -0.615. The molecular formula is C10H10ClNO5S. The van der Waals surface area contributed by atoms with Gasteiger partial charge in [0.2, 0.25) is 0 Å². The van der Waals surface area contributed by atoms with E-state index in [1.165, 1.54) is 25.3 Å². The molecule has 1 atom stereocenters. The molecule has 1 aromatic rings. The third-order valence-corrected chi connectivity index (χ3v) is 3.87. The van der Waals surface area contributed by atoms with Crippen molar-refractivity contribution in [2.24, 2.45) is 0 Å². The highest BCUT2D eigenvalue weighted by Crippen LogP contribution is 2.34. The molecule has 2 rings (SSSR count). The molecule has 0 fully saturated rings. The van der Waals surface area contributed by atoms with Crippen LogP contribution in [0.2, 0.25) is 0 Å². The lowest BCUT2D eigenvalue weighted by Crippen LogP contribution is -2.29. The predicted octanol–water partition coefficient (Wildman–Crippen LogP) is 1.40. The Bertz CT molecular complexity index is 586. The van der Waals surface area contributed by atoms with E-state index in [0.29, 0.717) is 11.3 Å². The Morgan fingerprint density at radius 1 is 1.56 bits per heavy atom. The number of carbonyl (C=O) groups excluding carboxylic acids is 1. The first kappa shape index (κ1) is 13.0. The van der Waals surface area contributed by atoms with Gasteiger partial charge in [0, 0.05) is 16.2 Å². The third kappa shape index (κ3) is 2.51. The van der Waals surface area contributed by atoms with Gasteiger partial charge in [-0.1, -0.05) is 0 Å². The van der Waals surface area contributed by atoms with E-state index in [0.717, 1.165) is 0 Å². The van der Waals surface area contributed by atoms with Gasteiger partial charge < -0.3 is 14.8 Å². The summed E-state index contributed by atoms with van der Waals surface area (Å²) in [6, 6.07) is 3.78. The quantitative estimate of drug-likeness (QED) is 0.833. The highest BCUT2D eigenvalue weighted by Gasteiger charge is 2.27. The molecule has 6 nitrogen and oxygen atoms in total. The first-order chi connectivity index (χ1) is 8.41. The molecular weight excluding hydrogens is 282 g/mol. The molecule has 1 N–H and O–H groups in total. The highest BCUT2D eigenvalue weighted by molar-refractivity contribution is 8.13. The number of benzene rings is 1. The number of halogens is 1. The van der Waals surface area contributed by atoms with Crippen molar-refractivity contribution in [2.75, 3.05) is 13.7 Å². The second kappa shape index (κ2) is 4.66. The summed E-state index contributed by atoms with van der Waals surface area (Å²) in [4.78, 5) is 11.1. The van der Waals surface area contributed by atoms with Crippen LogP contribution >= 0.6 is 10.7 Å². The topological polar surface area (TPSA) is 81.7 Å². The Kier molecular flexibility index (Phi) is 3.36. The predicted molar refractivity (Wildman–Crippen MR) is 63.3 cm³/mol. The van der Waals surface area contributed by atoms with Gasteiger partial charge in [0.15, 0.2) is 0 Å². The van der Waals surface area contributed by atoms with E-state index in [9.17, 15) is 13.2 Å². The van der Waals surface area contributed by atoms with Gasteiger partial charge in [-0.15, -0.1) is 0 Å². The molecule has 1 aliphatic heterocycles. The molecule has 0 bridgehead atoms. The summed E-state index contributed by atoms with van der Waals surface area (Å²) in [5.41, 5.74) is 0.558. The SMILES string of the molecule is COC(=O)NC1COc2ccc(S(=O)(=O)Cl)cc21. The van der Waals surface area contributed by atoms with Crippen LogP contribution in [0.3, 0.4) is 0 Å². The van der Waals surface area contributed by atoms with Crippen molar-refractivity contribution in [3.63, 3.8) is 0 Å². The Balaban J connectivity index is 2.34. The molecule has 8 heteroatoms. The summed E-state index contributed by atoms with van der Waals surface area (Å²) in [6.45, 7) is 0.218. The normalized spacial score (nSPS) is 17.8. The van der Waals surface area contributed by atoms with Crippen molar-refractivity contribution in [1.29, 1.82) is 0 Å². The van der Waals surface area contributed by atoms with E-state index in [-0.39, 0.29) is 11.5 Å². The number of alkyl carbamates (subject to hydrolysis) is 1. The summed E-state index contributed by atoms with van der Waals surface area (Å²) in [7, 11) is 2.69. The number of rotatable bonds is 2. The van der Waals surface area contributed by atoms with E-state index < -0.39 is 21.2 Å². The molecule has 98 valence electrons. The molecule has 0 radical (unpaired) electrons. The summed E-state index contributed by atoms with van der Waals surface area (Å²) >= 11 is 0. The fourth-order valence-corrected chi connectivity index (χ4v) is 2.45. The lowest BCUT2D eigenvalue weighted by Gasteiger charge is -2.10. The fraction of sp³-hybridized carbons (Fsp3) is 0.300. The van der Waals surface area contributed by atoms with Crippen molar-refractivity contribution in [3.8, 4) is 5.75 Å². The summed E-state index contributed by atoms with van der Waals surface area (Å²) in [5.74, 6) is 0.514. The molecule has 0 saturated heterocycles. The molecule has 0 aliphatic carbocycles. The summed E-state index contributed by atoms with van der Waals surface area (Å²) < 4.78 is 32.3. The number of fused-ring (bicyclic) bond motifs is 1. The molecule has 1 aromatic carbocycles. The highest BCUT2D eigenvalue weighted by atomic mass is 35.7. The van der Waals surface area contributed by atoms with Crippen molar-refractivity contribution >= 4 is 25.8 Å². The average molecular weight is 292 g/mol. The molecule has 1 unspecified atom stereocenters. The minimum Gasteiger partial charge on any atom is -0.491 e. The maximum Gasteiger partial charge on any atom is 0.407 e. The van der Waals surface area contributed by atoms with Gasteiger partial charge in [-0.2, -0.15) is 0 Å². The molecule has 0 spiro atoms. The first-order valence-corrected chi connectivity index (χ1v) is 7.28. The molecule has 18 heavy (non-hydrogen) atoms. The zero-order valence-electron chi connectivity index (χ0n) is 9.34.